The van der Waals surface area contributed by atoms with Gasteiger partial charge in [-0.2, -0.15) is 0 Å². The minimum atomic E-state index is 0.722. The van der Waals surface area contributed by atoms with Gasteiger partial charge in [0, 0.05) is 43.3 Å². The Balaban J connectivity index is 1.96. The van der Waals surface area contributed by atoms with E-state index in [1.54, 1.807) is 7.11 Å². The van der Waals surface area contributed by atoms with Gasteiger partial charge in [0.05, 0.1) is 12.8 Å². The van der Waals surface area contributed by atoms with Gasteiger partial charge in [-0.3, -0.25) is 9.97 Å². The number of rotatable bonds is 5. The van der Waals surface area contributed by atoms with Crippen LogP contribution in [0.1, 0.15) is 22.5 Å². The highest BCUT2D eigenvalue weighted by Gasteiger charge is 2.01. The summed E-state index contributed by atoms with van der Waals surface area (Å²) in [6.45, 7) is 5.57. The van der Waals surface area contributed by atoms with E-state index >= 15 is 0 Å². The second-order valence-electron chi connectivity index (χ2n) is 4.55. The number of hydrogen-bond donors (Lipinski definition) is 1. The van der Waals surface area contributed by atoms with E-state index in [4.69, 9.17) is 4.74 Å². The number of pyridine rings is 2. The van der Waals surface area contributed by atoms with E-state index in [-0.39, 0.29) is 0 Å². The molecule has 100 valence electrons. The molecule has 2 heterocycles. The Labute approximate surface area is 113 Å². The van der Waals surface area contributed by atoms with Crippen molar-refractivity contribution >= 4 is 0 Å². The van der Waals surface area contributed by atoms with Crippen LogP contribution in [0.15, 0.2) is 30.6 Å². The summed E-state index contributed by atoms with van der Waals surface area (Å²) in [5.41, 5.74) is 4.42. The maximum atomic E-state index is 5.24. The molecule has 2 rings (SSSR count). The van der Waals surface area contributed by atoms with Crippen LogP contribution in [0.3, 0.4) is 0 Å². The first-order valence-electron chi connectivity index (χ1n) is 6.31. The van der Waals surface area contributed by atoms with Crippen molar-refractivity contribution in [2.45, 2.75) is 26.9 Å². The molecule has 4 nitrogen and oxygen atoms in total. The summed E-state index contributed by atoms with van der Waals surface area (Å²) >= 11 is 0. The maximum Gasteiger partial charge on any atom is 0.122 e. The zero-order valence-electron chi connectivity index (χ0n) is 11.6. The van der Waals surface area contributed by atoms with Crippen molar-refractivity contribution in [3.63, 3.8) is 0 Å². The van der Waals surface area contributed by atoms with E-state index in [0.717, 1.165) is 30.2 Å². The Hall–Kier alpha value is -1.94. The number of hydrogen-bond acceptors (Lipinski definition) is 4. The van der Waals surface area contributed by atoms with Crippen LogP contribution in [0.2, 0.25) is 0 Å². The molecule has 0 atom stereocenters. The van der Waals surface area contributed by atoms with Crippen molar-refractivity contribution < 1.29 is 4.74 Å². The lowest BCUT2D eigenvalue weighted by Crippen LogP contribution is -2.14. The van der Waals surface area contributed by atoms with Crippen molar-refractivity contribution in [1.82, 2.24) is 15.3 Å². The summed E-state index contributed by atoms with van der Waals surface area (Å²) in [5.74, 6) is 0.851. The van der Waals surface area contributed by atoms with Crippen molar-refractivity contribution in [2.24, 2.45) is 0 Å². The molecule has 19 heavy (non-hydrogen) atoms. The quantitative estimate of drug-likeness (QED) is 0.893. The van der Waals surface area contributed by atoms with Crippen LogP contribution in [0.5, 0.6) is 5.75 Å². The first-order chi connectivity index (χ1) is 9.19. The van der Waals surface area contributed by atoms with Gasteiger partial charge in [-0.15, -0.1) is 0 Å². The minimum absolute atomic E-state index is 0.722. The summed E-state index contributed by atoms with van der Waals surface area (Å²) in [5, 5.41) is 3.39. The van der Waals surface area contributed by atoms with Crippen LogP contribution in [0.4, 0.5) is 0 Å². The second-order valence-corrected chi connectivity index (χ2v) is 4.55. The third kappa shape index (κ3) is 3.76. The molecular weight excluding hydrogens is 238 g/mol. The van der Waals surface area contributed by atoms with Gasteiger partial charge in [0.15, 0.2) is 0 Å². The predicted octanol–water partition coefficient (Wildman–Crippen LogP) is 2.39. The Bertz CT molecular complexity index is 555. The second kappa shape index (κ2) is 6.29. The fourth-order valence-corrected chi connectivity index (χ4v) is 1.94. The number of nitrogens with one attached hydrogen (secondary N) is 1. The molecule has 0 saturated heterocycles. The summed E-state index contributed by atoms with van der Waals surface area (Å²) in [6.07, 6.45) is 3.70. The average molecular weight is 257 g/mol. The fourth-order valence-electron chi connectivity index (χ4n) is 1.94. The van der Waals surface area contributed by atoms with Crippen molar-refractivity contribution in [2.75, 3.05) is 7.11 Å². The highest BCUT2D eigenvalue weighted by molar-refractivity contribution is 5.27. The highest BCUT2D eigenvalue weighted by Crippen LogP contribution is 2.13. The van der Waals surface area contributed by atoms with E-state index in [1.165, 1.54) is 11.1 Å². The standard InChI is InChI=1S/C15H19N3O/c1-11-8-16-5-4-13(11)9-17-10-14-7-15(19-3)6-12(2)18-14/h4-8,17H,9-10H2,1-3H3. The van der Waals surface area contributed by atoms with Crippen LogP contribution in [0, 0.1) is 13.8 Å². The maximum absolute atomic E-state index is 5.24. The molecule has 2 aromatic rings. The van der Waals surface area contributed by atoms with Gasteiger partial charge < -0.3 is 10.1 Å². The molecule has 0 bridgehead atoms. The Kier molecular flexibility index (Phi) is 4.47. The summed E-state index contributed by atoms with van der Waals surface area (Å²) in [4.78, 5) is 8.57. The number of nitrogens with zero attached hydrogens (tertiary/aromatic N) is 2. The van der Waals surface area contributed by atoms with Crippen LogP contribution in [-0.4, -0.2) is 17.1 Å². The highest BCUT2D eigenvalue weighted by atomic mass is 16.5. The molecular formula is C15H19N3O. The lowest BCUT2D eigenvalue weighted by molar-refractivity contribution is 0.412. The molecule has 0 fully saturated rings. The SMILES string of the molecule is COc1cc(C)nc(CNCc2ccncc2C)c1. The number of methoxy groups -OCH3 is 1. The van der Waals surface area contributed by atoms with Crippen molar-refractivity contribution in [3.8, 4) is 5.75 Å². The molecule has 0 saturated carbocycles. The van der Waals surface area contributed by atoms with E-state index in [1.807, 2.05) is 37.5 Å². The summed E-state index contributed by atoms with van der Waals surface area (Å²) in [7, 11) is 1.67. The normalized spacial score (nSPS) is 10.5. The van der Waals surface area contributed by atoms with Crippen LogP contribution in [-0.2, 0) is 13.1 Å². The van der Waals surface area contributed by atoms with Gasteiger partial charge in [-0.1, -0.05) is 0 Å². The zero-order valence-corrected chi connectivity index (χ0v) is 11.6. The number of ether oxygens (including phenoxy) is 1. The predicted molar refractivity (Wildman–Crippen MR) is 75.0 cm³/mol. The fraction of sp³-hybridized carbons (Fsp3) is 0.333. The van der Waals surface area contributed by atoms with Gasteiger partial charge in [0.2, 0.25) is 0 Å². The third-order valence-corrected chi connectivity index (χ3v) is 2.97. The monoisotopic (exact) mass is 257 g/mol. The summed E-state index contributed by atoms with van der Waals surface area (Å²) < 4.78 is 5.24. The van der Waals surface area contributed by atoms with Crippen molar-refractivity contribution in [1.29, 1.82) is 0 Å². The van der Waals surface area contributed by atoms with Crippen LogP contribution < -0.4 is 10.1 Å². The van der Waals surface area contributed by atoms with Gasteiger partial charge in [-0.25, -0.2) is 0 Å². The Morgan fingerprint density at radius 2 is 2.05 bits per heavy atom. The smallest absolute Gasteiger partial charge is 0.122 e. The number of aryl methyl sites for hydroxylation is 2. The molecule has 0 radical (unpaired) electrons. The van der Waals surface area contributed by atoms with Gasteiger partial charge >= 0.3 is 0 Å². The molecule has 0 aliphatic carbocycles. The van der Waals surface area contributed by atoms with E-state index in [9.17, 15) is 0 Å². The molecule has 0 aliphatic heterocycles. The first kappa shape index (κ1) is 13.5. The Morgan fingerprint density at radius 1 is 1.21 bits per heavy atom. The van der Waals surface area contributed by atoms with Crippen molar-refractivity contribution in [3.05, 3.63) is 53.1 Å². The van der Waals surface area contributed by atoms with Crippen LogP contribution in [0.25, 0.3) is 0 Å². The van der Waals surface area contributed by atoms with E-state index < -0.39 is 0 Å². The van der Waals surface area contributed by atoms with E-state index in [0.29, 0.717) is 0 Å². The summed E-state index contributed by atoms with van der Waals surface area (Å²) in [6, 6.07) is 5.92. The Morgan fingerprint density at radius 3 is 2.79 bits per heavy atom. The molecule has 0 aliphatic rings. The molecule has 0 aromatic carbocycles. The molecule has 1 N–H and O–H groups in total. The molecule has 2 aromatic heterocycles. The van der Waals surface area contributed by atoms with E-state index in [2.05, 4.69) is 22.2 Å². The molecule has 4 heteroatoms. The molecule has 0 amide bonds. The largest absolute Gasteiger partial charge is 0.497 e. The van der Waals surface area contributed by atoms with Crippen LogP contribution >= 0.6 is 0 Å². The zero-order chi connectivity index (χ0) is 13.7. The molecule has 0 spiro atoms. The third-order valence-electron chi connectivity index (χ3n) is 2.97. The van der Waals surface area contributed by atoms with Gasteiger partial charge in [0.25, 0.3) is 0 Å². The molecule has 0 unspecified atom stereocenters. The number of aromatic nitrogens is 2. The first-order valence-corrected chi connectivity index (χ1v) is 6.31. The topological polar surface area (TPSA) is 47.0 Å². The van der Waals surface area contributed by atoms with Gasteiger partial charge in [0.1, 0.15) is 5.75 Å². The lowest BCUT2D eigenvalue weighted by atomic mass is 10.1. The average Bonchev–Trinajstić information content (AvgIpc) is 2.40. The van der Waals surface area contributed by atoms with Gasteiger partial charge in [-0.05, 0) is 31.0 Å². The minimum Gasteiger partial charge on any atom is -0.497 e. The lowest BCUT2D eigenvalue weighted by Gasteiger charge is -2.09.